The largest absolute Gasteiger partial charge is 0.465 e. The molecule has 1 heterocycles. The molecule has 6 nitrogen and oxygen atoms in total. The van der Waals surface area contributed by atoms with Crippen molar-refractivity contribution in [3.8, 4) is 0 Å². The van der Waals surface area contributed by atoms with E-state index in [0.29, 0.717) is 33.3 Å². The molecule has 0 radical (unpaired) electrons. The molecule has 0 saturated carbocycles. The number of ether oxygens (including phenoxy) is 1. The predicted octanol–water partition coefficient (Wildman–Crippen LogP) is 4.83. The van der Waals surface area contributed by atoms with E-state index >= 15 is 0 Å². The van der Waals surface area contributed by atoms with Gasteiger partial charge in [-0.2, -0.15) is 0 Å². The average molecular weight is 396 g/mol. The minimum absolute atomic E-state index is 0.212. The van der Waals surface area contributed by atoms with E-state index < -0.39 is 5.97 Å². The van der Waals surface area contributed by atoms with Crippen LogP contribution in [0.2, 0.25) is 5.02 Å². The number of aryl methyl sites for hydroxylation is 1. The Morgan fingerprint density at radius 2 is 1.71 bits per heavy atom. The number of benzene rings is 2. The van der Waals surface area contributed by atoms with Crippen molar-refractivity contribution in [2.24, 2.45) is 0 Å². The molecular weight excluding hydrogens is 378 g/mol. The van der Waals surface area contributed by atoms with Crippen molar-refractivity contribution in [3.63, 3.8) is 0 Å². The Bertz CT molecular complexity index is 1000. The number of esters is 1. The fraction of sp³-hybridized carbons (Fsp3) is 0.0952. The number of carbonyl (C=O) groups is 2. The van der Waals surface area contributed by atoms with Crippen LogP contribution in [-0.2, 0) is 4.74 Å². The van der Waals surface area contributed by atoms with Gasteiger partial charge < -0.3 is 15.4 Å². The lowest BCUT2D eigenvalue weighted by atomic mass is 10.1. The highest BCUT2D eigenvalue weighted by molar-refractivity contribution is 6.33. The zero-order valence-corrected chi connectivity index (χ0v) is 16.1. The van der Waals surface area contributed by atoms with E-state index in [1.54, 1.807) is 42.5 Å². The lowest BCUT2D eigenvalue weighted by molar-refractivity contribution is 0.0600. The van der Waals surface area contributed by atoms with Crippen LogP contribution < -0.4 is 10.6 Å². The Kier molecular flexibility index (Phi) is 5.91. The fourth-order valence-corrected chi connectivity index (χ4v) is 2.62. The molecule has 0 aliphatic carbocycles. The second-order valence-corrected chi connectivity index (χ2v) is 6.47. The van der Waals surface area contributed by atoms with E-state index in [2.05, 4.69) is 15.6 Å². The van der Waals surface area contributed by atoms with Gasteiger partial charge in [0.2, 0.25) is 0 Å². The Balaban J connectivity index is 1.70. The first-order valence-electron chi connectivity index (χ1n) is 8.45. The summed E-state index contributed by atoms with van der Waals surface area (Å²) in [4.78, 5) is 28.2. The number of halogens is 1. The third kappa shape index (κ3) is 4.66. The standard InChI is InChI=1S/C21H18ClN3O3/c1-13-3-5-14(6-4-13)20(26)24-16-8-10-19(23-12-16)25-18-11-15(21(27)28-2)7-9-17(18)22/h3-12H,1-2H3,(H,23,25)(H,24,26). The molecular formula is C21H18ClN3O3. The maximum Gasteiger partial charge on any atom is 0.337 e. The monoisotopic (exact) mass is 395 g/mol. The first kappa shape index (κ1) is 19.4. The molecule has 0 aliphatic heterocycles. The highest BCUT2D eigenvalue weighted by Gasteiger charge is 2.10. The third-order valence-corrected chi connectivity index (χ3v) is 4.31. The van der Waals surface area contributed by atoms with Crippen molar-refractivity contribution in [2.75, 3.05) is 17.7 Å². The van der Waals surface area contributed by atoms with Gasteiger partial charge in [-0.05, 0) is 49.4 Å². The van der Waals surface area contributed by atoms with Crippen LogP contribution in [0.3, 0.4) is 0 Å². The van der Waals surface area contributed by atoms with E-state index in [4.69, 9.17) is 16.3 Å². The topological polar surface area (TPSA) is 80.3 Å². The summed E-state index contributed by atoms with van der Waals surface area (Å²) in [7, 11) is 1.31. The number of anilines is 3. The van der Waals surface area contributed by atoms with Gasteiger partial charge in [-0.25, -0.2) is 9.78 Å². The molecule has 2 N–H and O–H groups in total. The van der Waals surface area contributed by atoms with Crippen LogP contribution in [0.25, 0.3) is 0 Å². The molecule has 0 aliphatic rings. The minimum atomic E-state index is -0.457. The second-order valence-electron chi connectivity index (χ2n) is 6.06. The quantitative estimate of drug-likeness (QED) is 0.605. The van der Waals surface area contributed by atoms with Crippen LogP contribution in [0.4, 0.5) is 17.2 Å². The Hall–Kier alpha value is -3.38. The summed E-state index contributed by atoms with van der Waals surface area (Å²) < 4.78 is 4.71. The number of aromatic nitrogens is 1. The van der Waals surface area contributed by atoms with Gasteiger partial charge in [0.1, 0.15) is 5.82 Å². The zero-order chi connectivity index (χ0) is 20.1. The van der Waals surface area contributed by atoms with Crippen molar-refractivity contribution in [1.29, 1.82) is 0 Å². The van der Waals surface area contributed by atoms with E-state index in [1.807, 2.05) is 19.1 Å². The van der Waals surface area contributed by atoms with Crippen molar-refractivity contribution < 1.29 is 14.3 Å². The average Bonchev–Trinajstić information content (AvgIpc) is 2.71. The molecule has 0 atom stereocenters. The van der Waals surface area contributed by atoms with Gasteiger partial charge in [-0.1, -0.05) is 29.3 Å². The summed E-state index contributed by atoms with van der Waals surface area (Å²) in [5, 5.41) is 6.28. The number of methoxy groups -OCH3 is 1. The number of hydrogen-bond acceptors (Lipinski definition) is 5. The number of pyridine rings is 1. The lowest BCUT2D eigenvalue weighted by Gasteiger charge is -2.10. The number of hydrogen-bond donors (Lipinski definition) is 2. The summed E-state index contributed by atoms with van der Waals surface area (Å²) in [5.74, 6) is -0.157. The SMILES string of the molecule is COC(=O)c1ccc(Cl)c(Nc2ccc(NC(=O)c3ccc(C)cc3)cn2)c1. The summed E-state index contributed by atoms with van der Waals surface area (Å²) in [6, 6.07) is 15.5. The zero-order valence-electron chi connectivity index (χ0n) is 15.3. The molecule has 3 rings (SSSR count). The first-order chi connectivity index (χ1) is 13.5. The van der Waals surface area contributed by atoms with Gasteiger partial charge in [0.05, 0.1) is 35.3 Å². The van der Waals surface area contributed by atoms with Gasteiger partial charge in [-0.15, -0.1) is 0 Å². The van der Waals surface area contributed by atoms with Crippen LogP contribution in [0.5, 0.6) is 0 Å². The molecule has 0 saturated heterocycles. The molecule has 0 fully saturated rings. The van der Waals surface area contributed by atoms with Crippen molar-refractivity contribution in [2.45, 2.75) is 6.92 Å². The molecule has 0 spiro atoms. The molecule has 1 aromatic heterocycles. The Morgan fingerprint density at radius 3 is 2.36 bits per heavy atom. The number of carbonyl (C=O) groups excluding carboxylic acids is 2. The molecule has 28 heavy (non-hydrogen) atoms. The van der Waals surface area contributed by atoms with E-state index in [0.717, 1.165) is 5.56 Å². The van der Waals surface area contributed by atoms with Gasteiger partial charge in [-0.3, -0.25) is 4.79 Å². The van der Waals surface area contributed by atoms with Gasteiger partial charge in [0.25, 0.3) is 5.91 Å². The van der Waals surface area contributed by atoms with Gasteiger partial charge in [0, 0.05) is 5.56 Å². The van der Waals surface area contributed by atoms with E-state index in [-0.39, 0.29) is 5.91 Å². The second kappa shape index (κ2) is 8.54. The smallest absolute Gasteiger partial charge is 0.337 e. The molecule has 3 aromatic rings. The molecule has 142 valence electrons. The Labute approximate surface area is 167 Å². The lowest BCUT2D eigenvalue weighted by Crippen LogP contribution is -2.12. The van der Waals surface area contributed by atoms with E-state index in [1.165, 1.54) is 13.3 Å². The molecule has 0 bridgehead atoms. The minimum Gasteiger partial charge on any atom is -0.465 e. The number of amides is 1. The van der Waals surface area contributed by atoms with Crippen LogP contribution in [0.15, 0.2) is 60.8 Å². The molecule has 1 amide bonds. The maximum atomic E-state index is 12.3. The van der Waals surface area contributed by atoms with Crippen molar-refractivity contribution in [1.82, 2.24) is 4.98 Å². The fourth-order valence-electron chi connectivity index (χ4n) is 2.45. The van der Waals surface area contributed by atoms with Crippen LogP contribution >= 0.6 is 11.6 Å². The number of rotatable bonds is 5. The van der Waals surface area contributed by atoms with Gasteiger partial charge >= 0.3 is 5.97 Å². The normalized spacial score (nSPS) is 10.2. The maximum absolute atomic E-state index is 12.3. The summed E-state index contributed by atoms with van der Waals surface area (Å²) >= 11 is 6.17. The van der Waals surface area contributed by atoms with Gasteiger partial charge in [0.15, 0.2) is 0 Å². The van der Waals surface area contributed by atoms with Crippen LogP contribution in [-0.4, -0.2) is 24.0 Å². The molecule has 0 unspecified atom stereocenters. The number of nitrogens with zero attached hydrogens (tertiary/aromatic N) is 1. The first-order valence-corrected chi connectivity index (χ1v) is 8.83. The Morgan fingerprint density at radius 1 is 1.00 bits per heavy atom. The highest BCUT2D eigenvalue weighted by Crippen LogP contribution is 2.26. The highest BCUT2D eigenvalue weighted by atomic mass is 35.5. The third-order valence-electron chi connectivity index (χ3n) is 3.99. The van der Waals surface area contributed by atoms with Crippen LogP contribution in [0, 0.1) is 6.92 Å². The van der Waals surface area contributed by atoms with Crippen molar-refractivity contribution >= 4 is 40.7 Å². The number of nitrogens with one attached hydrogen (secondary N) is 2. The summed E-state index contributed by atoms with van der Waals surface area (Å²) in [6.45, 7) is 1.96. The predicted molar refractivity (Wildman–Crippen MR) is 109 cm³/mol. The summed E-state index contributed by atoms with van der Waals surface area (Å²) in [5.41, 5.74) is 3.11. The summed E-state index contributed by atoms with van der Waals surface area (Å²) in [6.07, 6.45) is 1.53. The van der Waals surface area contributed by atoms with Crippen LogP contribution in [0.1, 0.15) is 26.3 Å². The molecule has 7 heteroatoms. The molecule has 2 aromatic carbocycles. The van der Waals surface area contributed by atoms with E-state index in [9.17, 15) is 9.59 Å². The van der Waals surface area contributed by atoms with Crippen molar-refractivity contribution in [3.05, 3.63) is 82.5 Å².